The molecule has 1 aliphatic heterocycles. The van der Waals surface area contributed by atoms with Crippen LogP contribution in [0.15, 0.2) is 42.6 Å². The van der Waals surface area contributed by atoms with E-state index in [-0.39, 0.29) is 24.4 Å². The quantitative estimate of drug-likeness (QED) is 0.830. The van der Waals surface area contributed by atoms with Crippen molar-refractivity contribution in [2.24, 2.45) is 0 Å². The second-order valence-electron chi connectivity index (χ2n) is 6.45. The molecule has 2 heterocycles. The van der Waals surface area contributed by atoms with Gasteiger partial charge in [-0.2, -0.15) is 5.10 Å². The molecule has 3 rings (SSSR count). The molecular weight excluding hydrogens is 336 g/mol. The molecule has 2 unspecified atom stereocenters. The Labute approximate surface area is 155 Å². The average molecular weight is 363 g/mol. The fourth-order valence-corrected chi connectivity index (χ4v) is 3.18. The first-order chi connectivity index (χ1) is 11.8. The van der Waals surface area contributed by atoms with Crippen molar-refractivity contribution in [1.82, 2.24) is 20.4 Å². The lowest BCUT2D eigenvalue weighted by molar-refractivity contribution is 0.0929. The number of piperidine rings is 1. The number of hydrogen-bond acceptors (Lipinski definition) is 3. The fourth-order valence-electron chi connectivity index (χ4n) is 3.18. The standard InChI is InChI=1S/C19H26N4O.ClH/c1-2-16(13-15-7-4-3-5-8-15)21-19(24)18-10-12-23(22-18)17-9-6-11-20-14-17;/h3-5,7-8,10,12,16-17,20H,2,6,9,11,13-14H2,1H3,(H,21,24);1H. The van der Waals surface area contributed by atoms with Crippen LogP contribution in [0.3, 0.4) is 0 Å². The van der Waals surface area contributed by atoms with Gasteiger partial charge in [0.25, 0.3) is 5.91 Å². The van der Waals surface area contributed by atoms with Gasteiger partial charge in [0, 0.05) is 18.8 Å². The number of nitrogens with one attached hydrogen (secondary N) is 2. The summed E-state index contributed by atoms with van der Waals surface area (Å²) in [6.45, 7) is 4.09. The van der Waals surface area contributed by atoms with Gasteiger partial charge in [0.05, 0.1) is 6.04 Å². The van der Waals surface area contributed by atoms with E-state index in [0.29, 0.717) is 11.7 Å². The average Bonchev–Trinajstić information content (AvgIpc) is 3.13. The highest BCUT2D eigenvalue weighted by molar-refractivity contribution is 5.92. The smallest absolute Gasteiger partial charge is 0.272 e. The molecular formula is C19H27ClN4O. The Hall–Kier alpha value is -1.85. The van der Waals surface area contributed by atoms with Crippen molar-refractivity contribution >= 4 is 18.3 Å². The van der Waals surface area contributed by atoms with Crippen molar-refractivity contribution in [2.45, 2.75) is 44.7 Å². The van der Waals surface area contributed by atoms with Crippen LogP contribution in [0, 0.1) is 0 Å². The van der Waals surface area contributed by atoms with Gasteiger partial charge in [0.15, 0.2) is 0 Å². The summed E-state index contributed by atoms with van der Waals surface area (Å²) in [5, 5.41) is 11.0. The van der Waals surface area contributed by atoms with Crippen LogP contribution in [0.25, 0.3) is 0 Å². The highest BCUT2D eigenvalue weighted by Gasteiger charge is 2.19. The maximum atomic E-state index is 12.5. The van der Waals surface area contributed by atoms with Gasteiger partial charge in [-0.15, -0.1) is 12.4 Å². The summed E-state index contributed by atoms with van der Waals surface area (Å²) >= 11 is 0. The van der Waals surface area contributed by atoms with Gasteiger partial charge in [-0.25, -0.2) is 0 Å². The van der Waals surface area contributed by atoms with E-state index in [0.717, 1.165) is 38.8 Å². The Kier molecular flexibility index (Phi) is 7.47. The van der Waals surface area contributed by atoms with Crippen molar-refractivity contribution in [3.05, 3.63) is 53.9 Å². The number of carbonyl (C=O) groups excluding carboxylic acids is 1. The van der Waals surface area contributed by atoms with Gasteiger partial charge in [-0.3, -0.25) is 9.48 Å². The highest BCUT2D eigenvalue weighted by Crippen LogP contribution is 2.16. The summed E-state index contributed by atoms with van der Waals surface area (Å²) in [4.78, 5) is 12.5. The molecule has 0 aliphatic carbocycles. The van der Waals surface area contributed by atoms with Crippen LogP contribution in [0.4, 0.5) is 0 Å². The van der Waals surface area contributed by atoms with E-state index in [1.54, 1.807) is 0 Å². The molecule has 0 bridgehead atoms. The molecule has 136 valence electrons. The van der Waals surface area contributed by atoms with Gasteiger partial charge >= 0.3 is 0 Å². The van der Waals surface area contributed by atoms with Gasteiger partial charge in [-0.05, 0) is 43.9 Å². The van der Waals surface area contributed by atoms with E-state index >= 15 is 0 Å². The summed E-state index contributed by atoms with van der Waals surface area (Å²) in [6, 6.07) is 12.6. The molecule has 0 saturated carbocycles. The first-order valence-electron chi connectivity index (χ1n) is 8.87. The van der Waals surface area contributed by atoms with E-state index in [4.69, 9.17) is 0 Å². The number of aromatic nitrogens is 2. The predicted octanol–water partition coefficient (Wildman–Crippen LogP) is 2.98. The summed E-state index contributed by atoms with van der Waals surface area (Å²) in [5.41, 5.74) is 1.75. The highest BCUT2D eigenvalue weighted by atomic mass is 35.5. The predicted molar refractivity (Wildman–Crippen MR) is 102 cm³/mol. The van der Waals surface area contributed by atoms with Crippen LogP contribution in [0.5, 0.6) is 0 Å². The molecule has 0 radical (unpaired) electrons. The van der Waals surface area contributed by atoms with Crippen LogP contribution < -0.4 is 10.6 Å². The number of halogens is 1. The Balaban J connectivity index is 0.00000225. The van der Waals surface area contributed by atoms with Crippen molar-refractivity contribution < 1.29 is 4.79 Å². The number of nitrogens with zero attached hydrogens (tertiary/aromatic N) is 2. The van der Waals surface area contributed by atoms with Gasteiger partial charge in [0.2, 0.25) is 0 Å². The summed E-state index contributed by atoms with van der Waals surface area (Å²) in [7, 11) is 0. The second kappa shape index (κ2) is 9.59. The molecule has 2 aromatic rings. The zero-order valence-electron chi connectivity index (χ0n) is 14.6. The minimum Gasteiger partial charge on any atom is -0.348 e. The minimum absolute atomic E-state index is 0. The minimum atomic E-state index is -0.0831. The summed E-state index contributed by atoms with van der Waals surface area (Å²) in [6.07, 6.45) is 5.93. The second-order valence-corrected chi connectivity index (χ2v) is 6.45. The molecule has 1 amide bonds. The Bertz CT molecular complexity index is 652. The summed E-state index contributed by atoms with van der Waals surface area (Å²) in [5.74, 6) is -0.0831. The molecule has 2 N–H and O–H groups in total. The lowest BCUT2D eigenvalue weighted by Crippen LogP contribution is -2.36. The van der Waals surface area contributed by atoms with Crippen LogP contribution in [-0.4, -0.2) is 34.8 Å². The van der Waals surface area contributed by atoms with Gasteiger partial charge in [-0.1, -0.05) is 37.3 Å². The Morgan fingerprint density at radius 3 is 2.84 bits per heavy atom. The number of hydrogen-bond donors (Lipinski definition) is 2. The topological polar surface area (TPSA) is 59.0 Å². The molecule has 0 spiro atoms. The van der Waals surface area contributed by atoms with E-state index < -0.39 is 0 Å². The first-order valence-corrected chi connectivity index (χ1v) is 8.87. The number of rotatable bonds is 6. The van der Waals surface area contributed by atoms with Crippen LogP contribution >= 0.6 is 12.4 Å². The van der Waals surface area contributed by atoms with E-state index in [2.05, 4.69) is 34.8 Å². The maximum absolute atomic E-state index is 12.5. The molecule has 2 atom stereocenters. The normalized spacial score (nSPS) is 18.2. The lowest BCUT2D eigenvalue weighted by atomic mass is 10.0. The molecule has 5 nitrogen and oxygen atoms in total. The molecule has 25 heavy (non-hydrogen) atoms. The molecule has 6 heteroatoms. The Morgan fingerprint density at radius 1 is 1.36 bits per heavy atom. The zero-order chi connectivity index (χ0) is 16.8. The molecule has 1 fully saturated rings. The first kappa shape index (κ1) is 19.5. The van der Waals surface area contributed by atoms with Crippen molar-refractivity contribution in [1.29, 1.82) is 0 Å². The summed E-state index contributed by atoms with van der Waals surface area (Å²) < 4.78 is 1.93. The third kappa shape index (κ3) is 5.31. The van der Waals surface area contributed by atoms with E-state index in [1.165, 1.54) is 5.56 Å². The fraction of sp³-hybridized carbons (Fsp3) is 0.474. The van der Waals surface area contributed by atoms with Crippen molar-refractivity contribution in [2.75, 3.05) is 13.1 Å². The van der Waals surface area contributed by atoms with Crippen molar-refractivity contribution in [3.63, 3.8) is 0 Å². The third-order valence-electron chi connectivity index (χ3n) is 4.64. The monoisotopic (exact) mass is 362 g/mol. The number of carbonyl (C=O) groups is 1. The van der Waals surface area contributed by atoms with Crippen LogP contribution in [0.2, 0.25) is 0 Å². The number of benzene rings is 1. The van der Waals surface area contributed by atoms with E-state index in [1.807, 2.05) is 35.1 Å². The molecule has 1 aromatic carbocycles. The molecule has 1 aliphatic rings. The maximum Gasteiger partial charge on any atom is 0.272 e. The van der Waals surface area contributed by atoms with Gasteiger partial charge in [0.1, 0.15) is 5.69 Å². The van der Waals surface area contributed by atoms with Crippen LogP contribution in [0.1, 0.15) is 48.3 Å². The van der Waals surface area contributed by atoms with Gasteiger partial charge < -0.3 is 10.6 Å². The zero-order valence-corrected chi connectivity index (χ0v) is 15.5. The number of amides is 1. The SMILES string of the molecule is CCC(Cc1ccccc1)NC(=O)c1ccn(C2CCCNC2)n1.Cl. The molecule has 1 aromatic heterocycles. The Morgan fingerprint density at radius 2 is 2.16 bits per heavy atom. The largest absolute Gasteiger partial charge is 0.348 e. The van der Waals surface area contributed by atoms with E-state index in [9.17, 15) is 4.79 Å². The van der Waals surface area contributed by atoms with Crippen molar-refractivity contribution in [3.8, 4) is 0 Å². The lowest BCUT2D eigenvalue weighted by Gasteiger charge is -2.23. The third-order valence-corrected chi connectivity index (χ3v) is 4.64. The molecule has 1 saturated heterocycles. The van der Waals surface area contributed by atoms with Crippen LogP contribution in [-0.2, 0) is 6.42 Å².